The van der Waals surface area contributed by atoms with Gasteiger partial charge in [-0.15, -0.1) is 0 Å². The molecule has 5 rings (SSSR count). The van der Waals surface area contributed by atoms with Gasteiger partial charge < -0.3 is 10.1 Å². The molecule has 0 spiro atoms. The van der Waals surface area contributed by atoms with Crippen molar-refractivity contribution in [2.75, 3.05) is 12.4 Å². The first-order valence-electron chi connectivity index (χ1n) is 11.5. The lowest BCUT2D eigenvalue weighted by Crippen LogP contribution is -2.29. The Kier molecular flexibility index (Phi) is 5.62. The summed E-state index contributed by atoms with van der Waals surface area (Å²) in [7, 11) is 3.78. The van der Waals surface area contributed by atoms with Crippen molar-refractivity contribution in [1.82, 2.24) is 29.1 Å². The van der Waals surface area contributed by atoms with Gasteiger partial charge in [0.05, 0.1) is 17.8 Å². The molecule has 0 aliphatic heterocycles. The molecule has 4 aromatic rings. The summed E-state index contributed by atoms with van der Waals surface area (Å²) in [6, 6.07) is 7.55. The normalized spacial score (nSPS) is 18.5. The van der Waals surface area contributed by atoms with E-state index in [0.29, 0.717) is 12.4 Å². The van der Waals surface area contributed by atoms with Crippen LogP contribution in [0, 0.1) is 0 Å². The summed E-state index contributed by atoms with van der Waals surface area (Å²) in [5, 5.41) is 13.5. The average molecular weight is 448 g/mol. The summed E-state index contributed by atoms with van der Waals surface area (Å²) in [5.74, 6) is 1.47. The van der Waals surface area contributed by atoms with Gasteiger partial charge in [0.15, 0.2) is 5.88 Å². The first-order chi connectivity index (χ1) is 16.1. The van der Waals surface area contributed by atoms with Crippen LogP contribution in [0.15, 0.2) is 47.7 Å². The van der Waals surface area contributed by atoms with Crippen molar-refractivity contribution in [3.63, 3.8) is 0 Å². The predicted octanol–water partition coefficient (Wildman–Crippen LogP) is 3.62. The minimum absolute atomic E-state index is 0.0245. The summed E-state index contributed by atoms with van der Waals surface area (Å²) in [6.07, 6.45) is 9.53. The summed E-state index contributed by atoms with van der Waals surface area (Å²) in [4.78, 5) is 16.6. The first kappa shape index (κ1) is 21.2. The third kappa shape index (κ3) is 3.99. The molecule has 1 aliphatic carbocycles. The molecule has 172 valence electrons. The molecule has 9 heteroatoms. The van der Waals surface area contributed by atoms with E-state index in [0.717, 1.165) is 53.7 Å². The van der Waals surface area contributed by atoms with Gasteiger partial charge >= 0.3 is 0 Å². The molecule has 4 aromatic heterocycles. The average Bonchev–Trinajstić information content (AvgIpc) is 3.43. The zero-order valence-corrected chi connectivity index (χ0v) is 19.2. The summed E-state index contributed by atoms with van der Waals surface area (Å²) in [5.41, 5.74) is 2.94. The van der Waals surface area contributed by atoms with Gasteiger partial charge in [0.2, 0.25) is 0 Å². The maximum absolute atomic E-state index is 12.1. The Bertz CT molecular complexity index is 1330. The third-order valence-electron chi connectivity index (χ3n) is 6.43. The molecule has 0 amide bonds. The second-order valence-electron chi connectivity index (χ2n) is 8.53. The van der Waals surface area contributed by atoms with Crippen LogP contribution in [0.3, 0.4) is 0 Å². The number of fused-ring (bicyclic) bond motifs is 1. The number of anilines is 1. The molecule has 33 heavy (non-hydrogen) atoms. The van der Waals surface area contributed by atoms with E-state index in [1.54, 1.807) is 21.4 Å². The van der Waals surface area contributed by atoms with Gasteiger partial charge in [-0.25, -0.2) is 4.98 Å². The molecule has 1 fully saturated rings. The van der Waals surface area contributed by atoms with Crippen LogP contribution in [0.1, 0.15) is 38.6 Å². The molecule has 0 bridgehead atoms. The van der Waals surface area contributed by atoms with Gasteiger partial charge in [0.1, 0.15) is 17.6 Å². The first-order valence-corrected chi connectivity index (χ1v) is 11.5. The summed E-state index contributed by atoms with van der Waals surface area (Å²) < 4.78 is 11.9. The van der Waals surface area contributed by atoms with E-state index in [1.807, 2.05) is 45.7 Å². The number of hydrogen-bond donors (Lipinski definition) is 1. The molecular formula is C24H29N7O2. The number of rotatable bonds is 6. The molecule has 0 aromatic carbocycles. The molecule has 0 atom stereocenters. The van der Waals surface area contributed by atoms with Crippen LogP contribution in [0.25, 0.3) is 22.2 Å². The van der Waals surface area contributed by atoms with Crippen LogP contribution in [-0.4, -0.2) is 42.3 Å². The molecule has 1 saturated carbocycles. The van der Waals surface area contributed by atoms with Crippen molar-refractivity contribution in [2.45, 2.75) is 51.3 Å². The monoisotopic (exact) mass is 447 g/mol. The number of aryl methyl sites for hydroxylation is 1. The fourth-order valence-electron chi connectivity index (χ4n) is 4.70. The molecule has 1 N–H and O–H groups in total. The van der Waals surface area contributed by atoms with E-state index in [1.165, 1.54) is 0 Å². The largest absolute Gasteiger partial charge is 0.475 e. The fraction of sp³-hybridized carbons (Fsp3) is 0.417. The highest BCUT2D eigenvalue weighted by atomic mass is 16.5. The number of nitrogens with zero attached hydrogens (tertiary/aromatic N) is 6. The molecule has 0 unspecified atom stereocenters. The second kappa shape index (κ2) is 8.73. The highest BCUT2D eigenvalue weighted by Crippen LogP contribution is 2.36. The zero-order valence-electron chi connectivity index (χ0n) is 19.2. The highest BCUT2D eigenvalue weighted by molar-refractivity contribution is 5.93. The van der Waals surface area contributed by atoms with E-state index in [4.69, 9.17) is 9.84 Å². The van der Waals surface area contributed by atoms with Crippen molar-refractivity contribution < 1.29 is 4.74 Å². The van der Waals surface area contributed by atoms with Crippen LogP contribution in [0.4, 0.5) is 5.82 Å². The third-order valence-corrected chi connectivity index (χ3v) is 6.43. The number of hydrogen-bond acceptors (Lipinski definition) is 6. The van der Waals surface area contributed by atoms with Gasteiger partial charge in [0, 0.05) is 56.1 Å². The Labute approximate surface area is 192 Å². The van der Waals surface area contributed by atoms with Gasteiger partial charge in [-0.3, -0.25) is 18.7 Å². The topological polar surface area (TPSA) is 91.8 Å². The number of pyridine rings is 2. The van der Waals surface area contributed by atoms with Crippen LogP contribution < -0.4 is 15.6 Å². The number of ether oxygens (including phenoxy) is 1. The van der Waals surface area contributed by atoms with Crippen molar-refractivity contribution in [3.8, 4) is 17.1 Å². The van der Waals surface area contributed by atoms with E-state index in [-0.39, 0.29) is 17.7 Å². The Morgan fingerprint density at radius 2 is 2.00 bits per heavy atom. The Balaban J connectivity index is 1.40. The van der Waals surface area contributed by atoms with Crippen LogP contribution in [-0.2, 0) is 13.6 Å². The minimum atomic E-state index is -0.0245. The Hall–Kier alpha value is -3.62. The number of nitrogens with one attached hydrogen (secondary N) is 1. The lowest BCUT2D eigenvalue weighted by atomic mass is 9.93. The fourth-order valence-corrected chi connectivity index (χ4v) is 4.70. The van der Waals surface area contributed by atoms with E-state index >= 15 is 0 Å². The van der Waals surface area contributed by atoms with Gasteiger partial charge in [0.25, 0.3) is 5.56 Å². The Morgan fingerprint density at radius 3 is 2.70 bits per heavy atom. The lowest BCUT2D eigenvalue weighted by molar-refractivity contribution is 0.120. The Morgan fingerprint density at radius 1 is 1.18 bits per heavy atom. The molecular weight excluding hydrogens is 418 g/mol. The molecule has 1 aliphatic rings. The smallest absolute Gasteiger partial charge is 0.253 e. The quantitative estimate of drug-likeness (QED) is 0.485. The van der Waals surface area contributed by atoms with Crippen LogP contribution >= 0.6 is 0 Å². The van der Waals surface area contributed by atoms with E-state index in [2.05, 4.69) is 26.1 Å². The van der Waals surface area contributed by atoms with Gasteiger partial charge in [-0.1, -0.05) is 6.07 Å². The van der Waals surface area contributed by atoms with Gasteiger partial charge in [-0.2, -0.15) is 10.2 Å². The molecule has 0 radical (unpaired) electrons. The van der Waals surface area contributed by atoms with Crippen LogP contribution in [0.5, 0.6) is 5.88 Å². The van der Waals surface area contributed by atoms with Crippen molar-refractivity contribution in [2.24, 2.45) is 7.05 Å². The maximum Gasteiger partial charge on any atom is 0.253 e. The minimum Gasteiger partial charge on any atom is -0.475 e. The van der Waals surface area contributed by atoms with Crippen LogP contribution in [0.2, 0.25) is 0 Å². The van der Waals surface area contributed by atoms with Gasteiger partial charge in [-0.05, 0) is 38.7 Å². The standard InChI is InChI=1S/C24H29N7O2/c1-4-30-22(32)6-5-7-23(30)33-18-10-8-17(9-11-18)31-20-12-21(25-2)26-14-19(20)24(28-31)16-13-27-29(3)15-16/h5-7,12-15,17-18H,4,8-11H2,1-3H3,(H,25,26). The SMILES string of the molecule is CCn1c(OC2CCC(n3nc(-c4cnn(C)c4)c4cnc(NC)cc43)CC2)cccc1=O. The molecule has 9 nitrogen and oxygen atoms in total. The summed E-state index contributed by atoms with van der Waals surface area (Å²) >= 11 is 0. The molecule has 0 saturated heterocycles. The van der Waals surface area contributed by atoms with Crippen molar-refractivity contribution >= 4 is 16.7 Å². The summed E-state index contributed by atoms with van der Waals surface area (Å²) in [6.45, 7) is 2.56. The van der Waals surface area contributed by atoms with E-state index < -0.39 is 0 Å². The molecule has 4 heterocycles. The maximum atomic E-state index is 12.1. The zero-order chi connectivity index (χ0) is 22.9. The van der Waals surface area contributed by atoms with Crippen molar-refractivity contribution in [1.29, 1.82) is 0 Å². The highest BCUT2D eigenvalue weighted by Gasteiger charge is 2.27. The van der Waals surface area contributed by atoms with E-state index in [9.17, 15) is 4.79 Å². The van der Waals surface area contributed by atoms with Crippen molar-refractivity contribution in [3.05, 3.63) is 53.2 Å². The lowest BCUT2D eigenvalue weighted by Gasteiger charge is -2.30. The second-order valence-corrected chi connectivity index (χ2v) is 8.53. The predicted molar refractivity (Wildman–Crippen MR) is 128 cm³/mol. The number of aromatic nitrogens is 6.